The number of hydrogen-bond acceptors (Lipinski definition) is 15. The Balaban J connectivity index is 1.03. The summed E-state index contributed by atoms with van der Waals surface area (Å²) in [4.78, 5) is 51.7. The summed E-state index contributed by atoms with van der Waals surface area (Å²) in [5.74, 6) is -1.03. The van der Waals surface area contributed by atoms with Crippen molar-refractivity contribution in [1.82, 2.24) is 0 Å². The molecule has 15 nitrogen and oxygen atoms in total. The number of ether oxygens (including phenoxy) is 11. The monoisotopic (exact) mass is 1190 g/mol. The number of carbonyl (C=O) groups is 4. The van der Waals surface area contributed by atoms with Crippen LogP contribution in [-0.2, 0) is 91.1 Å². The zero-order chi connectivity index (χ0) is 61.4. The van der Waals surface area contributed by atoms with E-state index in [1.807, 2.05) is 91.0 Å². The van der Waals surface area contributed by atoms with Gasteiger partial charge in [-0.05, 0) is 143 Å². The highest BCUT2D eigenvalue weighted by atomic mass is 16.8. The van der Waals surface area contributed by atoms with Crippen molar-refractivity contribution in [1.29, 1.82) is 0 Å². The maximum absolute atomic E-state index is 13.3. The van der Waals surface area contributed by atoms with Crippen LogP contribution >= 0.6 is 0 Å². The predicted octanol–water partition coefficient (Wildman–Crippen LogP) is 12.9. The summed E-state index contributed by atoms with van der Waals surface area (Å²) in [6, 6.07) is 29.6. The lowest BCUT2D eigenvalue weighted by Gasteiger charge is -2.75. The first kappa shape index (κ1) is 64.3. The molecule has 0 unspecified atom stereocenters. The minimum Gasteiger partial charge on any atom is -0.463 e. The molecule has 0 bridgehead atoms. The maximum Gasteiger partial charge on any atom is 0.303 e. The van der Waals surface area contributed by atoms with E-state index in [0.717, 1.165) is 36.0 Å². The van der Waals surface area contributed by atoms with Crippen molar-refractivity contribution < 1.29 is 71.3 Å². The van der Waals surface area contributed by atoms with Crippen LogP contribution in [0.25, 0.3) is 0 Å². The van der Waals surface area contributed by atoms with Crippen LogP contribution in [0.3, 0.4) is 0 Å². The summed E-state index contributed by atoms with van der Waals surface area (Å²) in [5, 5.41) is 0. The van der Waals surface area contributed by atoms with Gasteiger partial charge in [0.25, 0.3) is 0 Å². The molecule has 86 heavy (non-hydrogen) atoms. The van der Waals surface area contributed by atoms with E-state index < -0.39 is 91.9 Å². The van der Waals surface area contributed by atoms with Crippen molar-refractivity contribution in [3.05, 3.63) is 108 Å². The van der Waals surface area contributed by atoms with Gasteiger partial charge >= 0.3 is 23.9 Å². The molecule has 2 saturated heterocycles. The highest BCUT2D eigenvalue weighted by Crippen LogP contribution is 2.78. The topological polar surface area (TPSA) is 170 Å². The third-order valence-electron chi connectivity index (χ3n) is 23.0. The van der Waals surface area contributed by atoms with E-state index in [-0.39, 0.29) is 53.5 Å². The molecule has 472 valence electrons. The lowest BCUT2D eigenvalue weighted by Crippen LogP contribution is -2.68. The van der Waals surface area contributed by atoms with Gasteiger partial charge in [0, 0.05) is 27.7 Å². The molecule has 10 rings (SSSR count). The fourth-order valence-electron chi connectivity index (χ4n) is 18.2. The van der Waals surface area contributed by atoms with E-state index in [4.69, 9.17) is 52.1 Å². The van der Waals surface area contributed by atoms with Crippen molar-refractivity contribution in [3.8, 4) is 0 Å². The van der Waals surface area contributed by atoms with Gasteiger partial charge in [-0.3, -0.25) is 19.2 Å². The average molecular weight is 1190 g/mol. The molecule has 7 fully saturated rings. The summed E-state index contributed by atoms with van der Waals surface area (Å²) >= 11 is 0. The van der Waals surface area contributed by atoms with Crippen LogP contribution in [0.5, 0.6) is 0 Å². The van der Waals surface area contributed by atoms with Crippen molar-refractivity contribution in [3.63, 3.8) is 0 Å². The molecular weight excluding hydrogens is 1090 g/mol. The molecule has 2 aliphatic heterocycles. The second kappa shape index (κ2) is 26.0. The molecule has 2 heterocycles. The van der Waals surface area contributed by atoms with E-state index >= 15 is 0 Å². The van der Waals surface area contributed by atoms with E-state index in [9.17, 15) is 19.2 Å². The molecule has 0 radical (unpaired) electrons. The van der Waals surface area contributed by atoms with Gasteiger partial charge in [0.1, 0.15) is 37.1 Å². The van der Waals surface area contributed by atoms with Crippen LogP contribution in [0.1, 0.15) is 170 Å². The highest BCUT2D eigenvalue weighted by Gasteiger charge is 2.71. The van der Waals surface area contributed by atoms with Crippen LogP contribution in [0.2, 0.25) is 0 Å². The zero-order valence-corrected chi connectivity index (χ0v) is 53.3. The molecule has 0 N–H and O–H groups in total. The molecule has 15 heteroatoms. The van der Waals surface area contributed by atoms with Crippen LogP contribution in [0.4, 0.5) is 0 Å². The highest BCUT2D eigenvalue weighted by molar-refractivity contribution is 5.68. The number of benzene rings is 3. The third kappa shape index (κ3) is 13.1. The van der Waals surface area contributed by atoms with Gasteiger partial charge in [-0.15, -0.1) is 0 Å². The van der Waals surface area contributed by atoms with Crippen molar-refractivity contribution >= 4 is 23.9 Å². The van der Waals surface area contributed by atoms with Crippen LogP contribution in [-0.4, -0.2) is 105 Å². The normalized spacial score (nSPS) is 39.9. The molecule has 0 spiro atoms. The first-order valence-corrected chi connectivity index (χ1v) is 32.1. The van der Waals surface area contributed by atoms with Gasteiger partial charge in [0.15, 0.2) is 30.9 Å². The smallest absolute Gasteiger partial charge is 0.303 e. The molecule has 5 aliphatic carbocycles. The predicted molar refractivity (Wildman–Crippen MR) is 321 cm³/mol. The van der Waals surface area contributed by atoms with Crippen molar-refractivity contribution in [2.75, 3.05) is 13.2 Å². The molecule has 0 amide bonds. The summed E-state index contributed by atoms with van der Waals surface area (Å²) in [6.45, 7) is 25.7. The Kier molecular flexibility index (Phi) is 19.4. The fourth-order valence-corrected chi connectivity index (χ4v) is 18.2. The molecule has 3 aromatic rings. The Morgan fingerprint density at radius 2 is 0.977 bits per heavy atom. The number of fused-ring (bicyclic) bond motifs is 7. The lowest BCUT2D eigenvalue weighted by atomic mass is 9.30. The van der Waals surface area contributed by atoms with Gasteiger partial charge in [-0.1, -0.05) is 146 Å². The summed E-state index contributed by atoms with van der Waals surface area (Å²) < 4.78 is 73.1. The first-order valence-electron chi connectivity index (χ1n) is 32.1. The van der Waals surface area contributed by atoms with Crippen molar-refractivity contribution in [2.45, 2.75) is 241 Å². The summed E-state index contributed by atoms with van der Waals surface area (Å²) in [5.41, 5.74) is 4.09. The maximum atomic E-state index is 13.3. The summed E-state index contributed by atoms with van der Waals surface area (Å²) in [6.07, 6.45) is 0.388. The lowest BCUT2D eigenvalue weighted by molar-refractivity contribution is -0.384. The van der Waals surface area contributed by atoms with Gasteiger partial charge in [0.2, 0.25) is 0 Å². The summed E-state index contributed by atoms with van der Waals surface area (Å²) in [7, 11) is 0. The fraction of sp³-hybridized carbons (Fsp3) is 0.690. The number of esters is 4. The molecule has 5 saturated carbocycles. The first-order chi connectivity index (χ1) is 40.9. The molecule has 7 aliphatic rings. The minimum absolute atomic E-state index is 0.0763. The van der Waals surface area contributed by atoms with E-state index in [0.29, 0.717) is 35.2 Å². The zero-order valence-electron chi connectivity index (χ0n) is 53.3. The van der Waals surface area contributed by atoms with Gasteiger partial charge < -0.3 is 52.1 Å². The van der Waals surface area contributed by atoms with Crippen molar-refractivity contribution in [2.24, 2.45) is 56.2 Å². The molecule has 3 aromatic carbocycles. The second-order valence-electron chi connectivity index (χ2n) is 28.8. The second-order valence-corrected chi connectivity index (χ2v) is 28.8. The molecular formula is C71H98O15. The number of rotatable bonds is 19. The van der Waals surface area contributed by atoms with Gasteiger partial charge in [0.05, 0.1) is 32.5 Å². The molecule has 0 aromatic heterocycles. The van der Waals surface area contributed by atoms with E-state index in [1.54, 1.807) is 0 Å². The van der Waals surface area contributed by atoms with E-state index in [2.05, 4.69) is 55.4 Å². The average Bonchev–Trinajstić information content (AvgIpc) is 0.704. The Morgan fingerprint density at radius 1 is 0.465 bits per heavy atom. The standard InChI is InChI=1S/C71H98O15/c1-44-52(28-29-55-68(44,9)31-30-56-69(55,10)35-37-71(12)57-38-66(6,7)32-33-67(57,8)34-36-70(56,71)11)83-64-62(86-65-63(82-48(5)75)61(81-47(4)74)59(80-46(3)73)54(85-65)43-77-45(2)72)60(79-41-51-26-20-15-21-27-51)58(78-40-50-24-18-14-19-25-50)53(84-64)42-76-39-49-22-16-13-17-23-49/h13-27,44,52-65H,28-43H2,1-12H3/t44-,52-,53+,54+,55+,56-,57+,58+,59-,60-,61-,62+,63+,64+,65-,67+,68+,69-,70+,71-/m0/s1. The largest absolute Gasteiger partial charge is 0.463 e. The Labute approximate surface area is 511 Å². The van der Waals surface area contributed by atoms with Crippen LogP contribution < -0.4 is 0 Å². The number of hydrogen-bond donors (Lipinski definition) is 0. The Morgan fingerprint density at radius 3 is 1.57 bits per heavy atom. The SMILES string of the molecule is CC(=O)OC[C@H]1O[C@@H](O[C@H]2[C@H](O[C@H]3CC[C@@H]4[C@](C)(CC[C@H]5[C@@]4(C)CC[C@@]4(C)[C@@H]6CC(C)(C)CC[C@]6(C)CC[C@]54C)[C@H]3C)O[C@H](COCc3ccccc3)[C@@H](OCc3ccccc3)[C@@H]2OCc2ccccc2)[C@H](OC(C)=O)[C@@H](OC(C)=O)[C@H]1OC(C)=O. The Hall–Kier alpha value is -4.74. The van der Waals surface area contributed by atoms with Crippen LogP contribution in [0, 0.1) is 56.2 Å². The van der Waals surface area contributed by atoms with E-state index in [1.165, 1.54) is 79.1 Å². The minimum atomic E-state index is -1.59. The van der Waals surface area contributed by atoms with Gasteiger partial charge in [-0.25, -0.2) is 0 Å². The Bertz CT molecular complexity index is 2800. The van der Waals surface area contributed by atoms with Crippen LogP contribution in [0.15, 0.2) is 91.0 Å². The van der Waals surface area contributed by atoms with Gasteiger partial charge in [-0.2, -0.15) is 0 Å². The number of carbonyl (C=O) groups excluding carboxylic acids is 4. The third-order valence-corrected chi connectivity index (χ3v) is 23.0. The molecule has 20 atom stereocenters. The quantitative estimate of drug-likeness (QED) is 0.0630.